The Hall–Kier alpha value is -4.01. The molecule has 0 radical (unpaired) electrons. The maximum atomic E-state index is 13.0. The number of pyridine rings is 1. The molecule has 36 heavy (non-hydrogen) atoms. The number of aromatic hydroxyl groups is 1. The highest BCUT2D eigenvalue weighted by atomic mass is 16.6. The summed E-state index contributed by atoms with van der Waals surface area (Å²) in [4.78, 5) is 41.7. The number of nitrogens with one attached hydrogen (secondary N) is 1. The number of benzene rings is 2. The van der Waals surface area contributed by atoms with Gasteiger partial charge in [0.05, 0.1) is 11.1 Å². The first kappa shape index (κ1) is 25.1. The number of aromatic nitrogens is 1. The van der Waals surface area contributed by atoms with Crippen LogP contribution in [-0.2, 0) is 18.3 Å². The Morgan fingerprint density at radius 2 is 1.72 bits per heavy atom. The lowest BCUT2D eigenvalue weighted by molar-refractivity contribution is 0.0240. The average molecular weight is 493 g/mol. The van der Waals surface area contributed by atoms with Gasteiger partial charge < -0.3 is 29.5 Å². The van der Waals surface area contributed by atoms with Crippen molar-refractivity contribution in [2.45, 2.75) is 32.9 Å². The van der Waals surface area contributed by atoms with E-state index in [0.29, 0.717) is 37.1 Å². The molecule has 3 aromatic rings. The number of para-hydroxylation sites is 1. The van der Waals surface area contributed by atoms with Crippen LogP contribution in [0.1, 0.15) is 36.7 Å². The molecule has 0 saturated carbocycles. The first-order valence-electron chi connectivity index (χ1n) is 12.0. The van der Waals surface area contributed by atoms with Crippen molar-refractivity contribution in [3.8, 4) is 5.75 Å². The minimum absolute atomic E-state index is 0.0249. The first-order valence-corrected chi connectivity index (χ1v) is 12.0. The summed E-state index contributed by atoms with van der Waals surface area (Å²) in [5, 5.41) is 13.8. The summed E-state index contributed by atoms with van der Waals surface area (Å²) in [7, 11) is 1.56. The molecular formula is C27H32N4O5. The van der Waals surface area contributed by atoms with Gasteiger partial charge in [-0.1, -0.05) is 30.3 Å². The molecule has 2 aromatic carbocycles. The van der Waals surface area contributed by atoms with Crippen LogP contribution in [0, 0.1) is 0 Å². The largest absolute Gasteiger partial charge is 0.502 e. The molecule has 0 aliphatic carbocycles. The van der Waals surface area contributed by atoms with Crippen LogP contribution >= 0.6 is 0 Å². The zero-order chi connectivity index (χ0) is 26.0. The van der Waals surface area contributed by atoms with Gasteiger partial charge in [-0.15, -0.1) is 0 Å². The van der Waals surface area contributed by atoms with E-state index in [0.717, 1.165) is 11.3 Å². The third-order valence-electron chi connectivity index (χ3n) is 6.17. The number of rotatable bonds is 4. The van der Waals surface area contributed by atoms with Crippen LogP contribution in [0.15, 0.2) is 53.3 Å². The molecule has 9 nitrogen and oxygen atoms in total. The van der Waals surface area contributed by atoms with E-state index >= 15 is 0 Å². The van der Waals surface area contributed by atoms with Gasteiger partial charge in [0.25, 0.3) is 11.5 Å². The number of carbonyl (C=O) groups excluding carboxylic acids is 2. The van der Waals surface area contributed by atoms with Gasteiger partial charge in [-0.05, 0) is 44.5 Å². The highest BCUT2D eigenvalue weighted by molar-refractivity contribution is 6.08. The zero-order valence-electron chi connectivity index (χ0n) is 21.1. The third kappa shape index (κ3) is 5.30. The van der Waals surface area contributed by atoms with E-state index < -0.39 is 22.8 Å². The van der Waals surface area contributed by atoms with Gasteiger partial charge in [0.1, 0.15) is 5.60 Å². The van der Waals surface area contributed by atoms with Crippen LogP contribution in [0.2, 0.25) is 0 Å². The quantitative estimate of drug-likeness (QED) is 0.580. The Morgan fingerprint density at radius 3 is 2.42 bits per heavy atom. The van der Waals surface area contributed by atoms with E-state index in [-0.39, 0.29) is 18.2 Å². The number of carbonyl (C=O) groups is 2. The van der Waals surface area contributed by atoms with Gasteiger partial charge in [0.15, 0.2) is 5.75 Å². The molecule has 1 aromatic heterocycles. The molecule has 0 bridgehead atoms. The van der Waals surface area contributed by atoms with E-state index in [4.69, 9.17) is 4.74 Å². The summed E-state index contributed by atoms with van der Waals surface area (Å²) in [6.45, 7) is 8.25. The molecule has 4 rings (SSSR count). The van der Waals surface area contributed by atoms with E-state index in [1.807, 2.05) is 45.0 Å². The standard InChI is InChI=1S/C27H32N4O5/c1-27(2,3)36-26(35)31-14-12-30(13-15-31)19-9-7-8-18(16-19)17-28-24(33)22-20-10-5-6-11-21(20)29(4)25(34)23(22)32/h5-11,16,32H,12-15,17H2,1-4H3,(H,28,33). The lowest BCUT2D eigenvalue weighted by Crippen LogP contribution is -2.50. The number of aryl methyl sites for hydroxylation is 1. The topological polar surface area (TPSA) is 104 Å². The Labute approximate surface area is 209 Å². The fraction of sp³-hybridized carbons (Fsp3) is 0.370. The Balaban J connectivity index is 1.43. The van der Waals surface area contributed by atoms with Crippen LogP contribution in [-0.4, -0.2) is 58.4 Å². The fourth-order valence-corrected chi connectivity index (χ4v) is 4.32. The number of nitrogens with zero attached hydrogens (tertiary/aromatic N) is 3. The second-order valence-electron chi connectivity index (χ2n) is 9.91. The van der Waals surface area contributed by atoms with Crippen LogP contribution in [0.3, 0.4) is 0 Å². The molecule has 9 heteroatoms. The van der Waals surface area contributed by atoms with Crippen molar-refractivity contribution in [2.75, 3.05) is 31.1 Å². The summed E-state index contributed by atoms with van der Waals surface area (Å²) < 4.78 is 6.79. The number of hydrogen-bond acceptors (Lipinski definition) is 6. The third-order valence-corrected chi connectivity index (χ3v) is 6.17. The summed E-state index contributed by atoms with van der Waals surface area (Å²) in [6.07, 6.45) is -0.301. The molecular weight excluding hydrogens is 460 g/mol. The van der Waals surface area contributed by atoms with E-state index in [2.05, 4.69) is 10.2 Å². The van der Waals surface area contributed by atoms with Crippen molar-refractivity contribution in [3.05, 3.63) is 70.0 Å². The fourth-order valence-electron chi connectivity index (χ4n) is 4.32. The van der Waals surface area contributed by atoms with Crippen molar-refractivity contribution in [1.82, 2.24) is 14.8 Å². The van der Waals surface area contributed by atoms with Crippen molar-refractivity contribution in [3.63, 3.8) is 0 Å². The molecule has 1 saturated heterocycles. The maximum Gasteiger partial charge on any atom is 0.410 e. The highest BCUT2D eigenvalue weighted by Gasteiger charge is 2.26. The second-order valence-corrected chi connectivity index (χ2v) is 9.91. The molecule has 1 fully saturated rings. The van der Waals surface area contributed by atoms with Gasteiger partial charge in [-0.25, -0.2) is 4.79 Å². The van der Waals surface area contributed by atoms with E-state index in [9.17, 15) is 19.5 Å². The van der Waals surface area contributed by atoms with Crippen LogP contribution < -0.4 is 15.8 Å². The molecule has 2 amide bonds. The minimum atomic E-state index is -0.619. The second kappa shape index (κ2) is 9.93. The summed E-state index contributed by atoms with van der Waals surface area (Å²) in [5.41, 5.74) is 1.27. The monoisotopic (exact) mass is 492 g/mol. The van der Waals surface area contributed by atoms with Gasteiger partial charge in [0.2, 0.25) is 0 Å². The number of fused-ring (bicyclic) bond motifs is 1. The van der Waals surface area contributed by atoms with Crippen LogP contribution in [0.5, 0.6) is 5.75 Å². The molecule has 0 unspecified atom stereocenters. The van der Waals surface area contributed by atoms with Gasteiger partial charge in [0, 0.05) is 50.8 Å². The van der Waals surface area contributed by atoms with Gasteiger partial charge >= 0.3 is 6.09 Å². The van der Waals surface area contributed by atoms with Gasteiger partial charge in [-0.3, -0.25) is 9.59 Å². The van der Waals surface area contributed by atoms with Crippen molar-refractivity contribution in [2.24, 2.45) is 7.05 Å². The van der Waals surface area contributed by atoms with Crippen LogP contribution in [0.4, 0.5) is 10.5 Å². The zero-order valence-corrected chi connectivity index (χ0v) is 21.1. The SMILES string of the molecule is Cn1c(=O)c(O)c(C(=O)NCc2cccc(N3CCN(C(=O)OC(C)(C)C)CC3)c2)c2ccccc21. The maximum absolute atomic E-state index is 13.0. The number of piperazine rings is 1. The van der Waals surface area contributed by atoms with E-state index in [1.165, 1.54) is 4.57 Å². The molecule has 0 atom stereocenters. The number of amides is 2. The minimum Gasteiger partial charge on any atom is -0.502 e. The summed E-state index contributed by atoms with van der Waals surface area (Å²) in [5.74, 6) is -1.08. The number of hydrogen-bond donors (Lipinski definition) is 2. The van der Waals surface area contributed by atoms with Gasteiger partial charge in [-0.2, -0.15) is 0 Å². The lowest BCUT2D eigenvalue weighted by Gasteiger charge is -2.36. The molecule has 190 valence electrons. The molecule has 1 aliphatic heterocycles. The smallest absolute Gasteiger partial charge is 0.410 e. The Morgan fingerprint density at radius 1 is 1.03 bits per heavy atom. The Kier molecular flexibility index (Phi) is 6.92. The highest BCUT2D eigenvalue weighted by Crippen LogP contribution is 2.24. The molecule has 1 aliphatic rings. The number of ether oxygens (including phenoxy) is 1. The average Bonchev–Trinajstić information content (AvgIpc) is 2.85. The van der Waals surface area contributed by atoms with Crippen molar-refractivity contribution < 1.29 is 19.4 Å². The van der Waals surface area contributed by atoms with E-state index in [1.54, 1.807) is 36.2 Å². The predicted molar refractivity (Wildman–Crippen MR) is 138 cm³/mol. The summed E-state index contributed by atoms with van der Waals surface area (Å²) >= 11 is 0. The number of anilines is 1. The first-order chi connectivity index (χ1) is 17.0. The molecule has 2 N–H and O–H groups in total. The molecule has 0 spiro atoms. The van der Waals surface area contributed by atoms with Crippen LogP contribution in [0.25, 0.3) is 10.9 Å². The molecule has 2 heterocycles. The van der Waals surface area contributed by atoms with Crippen molar-refractivity contribution >= 4 is 28.6 Å². The summed E-state index contributed by atoms with van der Waals surface area (Å²) in [6, 6.07) is 14.8. The normalized spacial score (nSPS) is 14.1. The Bertz CT molecular complexity index is 1350. The lowest BCUT2D eigenvalue weighted by atomic mass is 10.1. The predicted octanol–water partition coefficient (Wildman–Crippen LogP) is 3.23. The van der Waals surface area contributed by atoms with Crippen molar-refractivity contribution in [1.29, 1.82) is 0 Å².